The SMILES string of the molecule is COc1cc(OC)c(Nc2cc(C)nc3nc(-c4ccco4)nn23)cc1Cl. The third-order valence-corrected chi connectivity index (χ3v) is 4.21. The molecule has 27 heavy (non-hydrogen) atoms. The minimum Gasteiger partial charge on any atom is -0.495 e. The van der Waals surface area contributed by atoms with Gasteiger partial charge in [0.1, 0.15) is 17.3 Å². The molecule has 0 radical (unpaired) electrons. The quantitative estimate of drug-likeness (QED) is 0.553. The number of nitrogens with zero attached hydrogens (tertiary/aromatic N) is 4. The highest BCUT2D eigenvalue weighted by molar-refractivity contribution is 6.32. The number of furan rings is 1. The fourth-order valence-corrected chi connectivity index (χ4v) is 2.92. The van der Waals surface area contributed by atoms with Gasteiger partial charge in [-0.3, -0.25) is 0 Å². The van der Waals surface area contributed by atoms with Crippen molar-refractivity contribution in [1.29, 1.82) is 0 Å². The molecule has 0 amide bonds. The average molecular weight is 386 g/mol. The number of aryl methyl sites for hydroxylation is 1. The van der Waals surface area contributed by atoms with Crippen LogP contribution in [0.4, 0.5) is 11.5 Å². The lowest BCUT2D eigenvalue weighted by atomic mass is 10.2. The van der Waals surface area contributed by atoms with Gasteiger partial charge in [0.05, 0.1) is 31.2 Å². The maximum absolute atomic E-state index is 6.27. The third kappa shape index (κ3) is 3.15. The average Bonchev–Trinajstić information content (AvgIpc) is 3.31. The van der Waals surface area contributed by atoms with Crippen LogP contribution in [0.5, 0.6) is 11.5 Å². The van der Waals surface area contributed by atoms with E-state index in [4.69, 9.17) is 25.5 Å². The van der Waals surface area contributed by atoms with Crippen LogP contribution in [0.3, 0.4) is 0 Å². The lowest BCUT2D eigenvalue weighted by molar-refractivity contribution is 0.396. The Morgan fingerprint density at radius 1 is 1.11 bits per heavy atom. The van der Waals surface area contributed by atoms with Gasteiger partial charge in [-0.05, 0) is 25.1 Å². The lowest BCUT2D eigenvalue weighted by Crippen LogP contribution is -2.04. The summed E-state index contributed by atoms with van der Waals surface area (Å²) in [5.74, 6) is 3.21. The van der Waals surface area contributed by atoms with E-state index < -0.39 is 0 Å². The smallest absolute Gasteiger partial charge is 0.255 e. The summed E-state index contributed by atoms with van der Waals surface area (Å²) in [6.07, 6.45) is 1.57. The van der Waals surface area contributed by atoms with Gasteiger partial charge >= 0.3 is 0 Å². The first-order valence-electron chi connectivity index (χ1n) is 8.06. The number of methoxy groups -OCH3 is 2. The molecular weight excluding hydrogens is 370 g/mol. The van der Waals surface area contributed by atoms with Crippen molar-refractivity contribution in [3.63, 3.8) is 0 Å². The lowest BCUT2D eigenvalue weighted by Gasteiger charge is -2.14. The number of fused-ring (bicyclic) bond motifs is 1. The summed E-state index contributed by atoms with van der Waals surface area (Å²) >= 11 is 6.27. The highest BCUT2D eigenvalue weighted by Gasteiger charge is 2.16. The van der Waals surface area contributed by atoms with Crippen LogP contribution >= 0.6 is 11.6 Å². The summed E-state index contributed by atoms with van der Waals surface area (Å²) in [6.45, 7) is 1.88. The van der Waals surface area contributed by atoms with Crippen LogP contribution in [0.2, 0.25) is 5.02 Å². The first-order valence-corrected chi connectivity index (χ1v) is 8.43. The molecule has 4 rings (SSSR count). The zero-order chi connectivity index (χ0) is 19.0. The molecule has 1 aromatic carbocycles. The second-order valence-electron chi connectivity index (χ2n) is 5.72. The highest BCUT2D eigenvalue weighted by Crippen LogP contribution is 2.37. The molecule has 0 fully saturated rings. The van der Waals surface area contributed by atoms with Gasteiger partial charge in [0.15, 0.2) is 5.76 Å². The van der Waals surface area contributed by atoms with Gasteiger partial charge < -0.3 is 19.2 Å². The maximum Gasteiger partial charge on any atom is 0.255 e. The second kappa shape index (κ2) is 6.81. The molecule has 0 aliphatic heterocycles. The molecule has 0 aliphatic carbocycles. The fraction of sp³-hybridized carbons (Fsp3) is 0.167. The van der Waals surface area contributed by atoms with E-state index in [2.05, 4.69) is 20.4 Å². The molecule has 4 aromatic rings. The number of hydrogen-bond acceptors (Lipinski definition) is 7. The van der Waals surface area contributed by atoms with Crippen LogP contribution < -0.4 is 14.8 Å². The predicted molar refractivity (Wildman–Crippen MR) is 101 cm³/mol. The number of hydrogen-bond donors (Lipinski definition) is 1. The van der Waals surface area contributed by atoms with Crippen molar-refractivity contribution in [3.05, 3.63) is 47.3 Å². The zero-order valence-corrected chi connectivity index (χ0v) is 15.6. The van der Waals surface area contributed by atoms with Gasteiger partial charge in [-0.2, -0.15) is 9.50 Å². The van der Waals surface area contributed by atoms with Gasteiger partial charge in [0.25, 0.3) is 5.78 Å². The molecule has 0 spiro atoms. The molecule has 3 aromatic heterocycles. The topological polar surface area (TPSA) is 86.7 Å². The van der Waals surface area contributed by atoms with E-state index >= 15 is 0 Å². The molecule has 138 valence electrons. The summed E-state index contributed by atoms with van der Waals surface area (Å²) in [5.41, 5.74) is 1.44. The zero-order valence-electron chi connectivity index (χ0n) is 14.9. The highest BCUT2D eigenvalue weighted by atomic mass is 35.5. The molecule has 0 unspecified atom stereocenters. The Morgan fingerprint density at radius 3 is 2.63 bits per heavy atom. The van der Waals surface area contributed by atoms with Crippen molar-refractivity contribution < 1.29 is 13.9 Å². The minimum absolute atomic E-state index is 0.445. The fourth-order valence-electron chi connectivity index (χ4n) is 2.68. The van der Waals surface area contributed by atoms with E-state index in [1.54, 1.807) is 49.3 Å². The van der Waals surface area contributed by atoms with E-state index in [1.165, 1.54) is 0 Å². The summed E-state index contributed by atoms with van der Waals surface area (Å²) in [6, 6.07) is 8.87. The summed E-state index contributed by atoms with van der Waals surface area (Å²) in [4.78, 5) is 8.86. The van der Waals surface area contributed by atoms with E-state index in [9.17, 15) is 0 Å². The molecule has 0 saturated heterocycles. The van der Waals surface area contributed by atoms with Crippen molar-refractivity contribution in [2.45, 2.75) is 6.92 Å². The van der Waals surface area contributed by atoms with Crippen LogP contribution in [0.25, 0.3) is 17.4 Å². The van der Waals surface area contributed by atoms with Gasteiger partial charge in [0.2, 0.25) is 5.82 Å². The Bertz CT molecular complexity index is 1110. The Kier molecular flexibility index (Phi) is 4.33. The van der Waals surface area contributed by atoms with Gasteiger partial charge in [-0.25, -0.2) is 4.98 Å². The number of nitrogens with one attached hydrogen (secondary N) is 1. The van der Waals surface area contributed by atoms with Gasteiger partial charge in [0, 0.05) is 17.8 Å². The van der Waals surface area contributed by atoms with E-state index in [0.717, 1.165) is 5.69 Å². The monoisotopic (exact) mass is 385 g/mol. The van der Waals surface area contributed by atoms with Gasteiger partial charge in [-0.1, -0.05) is 11.6 Å². The Labute approximate surface area is 159 Å². The number of rotatable bonds is 5. The summed E-state index contributed by atoms with van der Waals surface area (Å²) in [7, 11) is 3.13. The molecule has 8 nitrogen and oxygen atoms in total. The summed E-state index contributed by atoms with van der Waals surface area (Å²) in [5, 5.41) is 8.23. The van der Waals surface area contributed by atoms with Crippen LogP contribution in [0.1, 0.15) is 5.69 Å². The van der Waals surface area contributed by atoms with Crippen molar-refractivity contribution >= 4 is 28.9 Å². The number of ether oxygens (including phenoxy) is 2. The van der Waals surface area contributed by atoms with Crippen LogP contribution in [-0.2, 0) is 0 Å². The number of anilines is 2. The standard InChI is InChI=1S/C18H16ClN5O3/c1-10-7-16(21-12-8-11(19)14(25-2)9-15(12)26-3)24-18(20-10)22-17(23-24)13-5-4-6-27-13/h4-9,21H,1-3H3. The van der Waals surface area contributed by atoms with E-state index in [0.29, 0.717) is 45.4 Å². The summed E-state index contributed by atoms with van der Waals surface area (Å²) < 4.78 is 17.7. The molecule has 9 heteroatoms. The Balaban J connectivity index is 1.81. The van der Waals surface area contributed by atoms with E-state index in [1.807, 2.05) is 13.0 Å². The Hall–Kier alpha value is -3.26. The van der Waals surface area contributed by atoms with Crippen molar-refractivity contribution in [2.75, 3.05) is 19.5 Å². The molecule has 1 N–H and O–H groups in total. The molecule has 0 bridgehead atoms. The van der Waals surface area contributed by atoms with Crippen molar-refractivity contribution in [2.24, 2.45) is 0 Å². The van der Waals surface area contributed by atoms with Crippen molar-refractivity contribution in [1.82, 2.24) is 19.6 Å². The van der Waals surface area contributed by atoms with Gasteiger partial charge in [-0.15, -0.1) is 5.10 Å². The van der Waals surface area contributed by atoms with Crippen LogP contribution in [0.15, 0.2) is 41.0 Å². The second-order valence-corrected chi connectivity index (χ2v) is 6.13. The van der Waals surface area contributed by atoms with Crippen LogP contribution in [0, 0.1) is 6.92 Å². The molecule has 0 aliphatic rings. The number of benzene rings is 1. The Morgan fingerprint density at radius 2 is 1.93 bits per heavy atom. The molecular formula is C18H16ClN5O3. The number of halogens is 1. The first-order chi connectivity index (χ1) is 13.1. The predicted octanol–water partition coefficient (Wildman–Crippen LogP) is 4.11. The minimum atomic E-state index is 0.445. The third-order valence-electron chi connectivity index (χ3n) is 3.92. The van der Waals surface area contributed by atoms with Crippen molar-refractivity contribution in [3.8, 4) is 23.1 Å². The number of aromatic nitrogens is 4. The van der Waals surface area contributed by atoms with Crippen LogP contribution in [-0.4, -0.2) is 33.8 Å². The first kappa shape index (κ1) is 17.2. The largest absolute Gasteiger partial charge is 0.495 e. The molecule has 3 heterocycles. The maximum atomic E-state index is 6.27. The normalized spacial score (nSPS) is 11.0. The molecule has 0 atom stereocenters. The van der Waals surface area contributed by atoms with E-state index in [-0.39, 0.29) is 0 Å². The molecule has 0 saturated carbocycles.